The van der Waals surface area contributed by atoms with Gasteiger partial charge in [0.15, 0.2) is 0 Å². The van der Waals surface area contributed by atoms with E-state index in [-0.39, 0.29) is 11.8 Å². The van der Waals surface area contributed by atoms with Gasteiger partial charge in [-0.05, 0) is 26.3 Å². The van der Waals surface area contributed by atoms with Crippen LogP contribution in [0.15, 0.2) is 0 Å². The Balaban J connectivity index is 2.35. The van der Waals surface area contributed by atoms with Crippen LogP contribution in [0.25, 0.3) is 0 Å². The quantitative estimate of drug-likeness (QED) is 0.587. The van der Waals surface area contributed by atoms with Gasteiger partial charge in [-0.3, -0.25) is 4.79 Å². The van der Waals surface area contributed by atoms with Gasteiger partial charge in [0.05, 0.1) is 11.5 Å². The van der Waals surface area contributed by atoms with E-state index in [2.05, 4.69) is 17.6 Å². The molecule has 1 rings (SSSR count). The molecule has 0 unspecified atom stereocenters. The van der Waals surface area contributed by atoms with Gasteiger partial charge in [-0.1, -0.05) is 6.92 Å². The SMILES string of the molecule is C[C@@H]1CNC[C@H]1C(=O)NCC(C)(C)O. The molecule has 0 aromatic heterocycles. The number of hydrogen-bond acceptors (Lipinski definition) is 3. The molecule has 1 amide bonds. The minimum atomic E-state index is -0.828. The van der Waals surface area contributed by atoms with Crippen LogP contribution in [0.4, 0.5) is 0 Å². The van der Waals surface area contributed by atoms with Crippen molar-refractivity contribution in [3.05, 3.63) is 0 Å². The molecule has 0 aromatic carbocycles. The van der Waals surface area contributed by atoms with Crippen LogP contribution in [0.2, 0.25) is 0 Å². The van der Waals surface area contributed by atoms with Gasteiger partial charge in [-0.25, -0.2) is 0 Å². The van der Waals surface area contributed by atoms with Crippen LogP contribution in [0.1, 0.15) is 20.8 Å². The van der Waals surface area contributed by atoms with Crippen molar-refractivity contribution in [1.29, 1.82) is 0 Å². The Kier molecular flexibility index (Phi) is 3.50. The monoisotopic (exact) mass is 200 g/mol. The zero-order valence-electron chi connectivity index (χ0n) is 9.13. The molecular weight excluding hydrogens is 180 g/mol. The number of nitrogens with one attached hydrogen (secondary N) is 2. The molecule has 2 atom stereocenters. The van der Waals surface area contributed by atoms with Crippen molar-refractivity contribution in [2.24, 2.45) is 11.8 Å². The van der Waals surface area contributed by atoms with Gasteiger partial charge in [0, 0.05) is 13.1 Å². The van der Waals surface area contributed by atoms with Crippen LogP contribution in [-0.2, 0) is 4.79 Å². The summed E-state index contributed by atoms with van der Waals surface area (Å²) in [6.07, 6.45) is 0. The third kappa shape index (κ3) is 3.27. The van der Waals surface area contributed by atoms with Crippen LogP contribution < -0.4 is 10.6 Å². The zero-order chi connectivity index (χ0) is 10.8. The largest absolute Gasteiger partial charge is 0.389 e. The van der Waals surface area contributed by atoms with Gasteiger partial charge < -0.3 is 15.7 Å². The Morgan fingerprint density at radius 1 is 1.57 bits per heavy atom. The van der Waals surface area contributed by atoms with Crippen LogP contribution in [-0.4, -0.2) is 36.2 Å². The van der Waals surface area contributed by atoms with E-state index < -0.39 is 5.60 Å². The second-order valence-electron chi connectivity index (χ2n) is 4.77. The van der Waals surface area contributed by atoms with E-state index in [4.69, 9.17) is 0 Å². The Morgan fingerprint density at radius 2 is 2.21 bits per heavy atom. The van der Waals surface area contributed by atoms with Crippen molar-refractivity contribution >= 4 is 5.91 Å². The predicted octanol–water partition coefficient (Wildman–Crippen LogP) is -0.271. The molecule has 14 heavy (non-hydrogen) atoms. The summed E-state index contributed by atoms with van der Waals surface area (Å²) in [4.78, 5) is 11.6. The second kappa shape index (κ2) is 4.28. The zero-order valence-corrected chi connectivity index (χ0v) is 9.13. The molecule has 1 fully saturated rings. The van der Waals surface area contributed by atoms with Gasteiger partial charge in [-0.15, -0.1) is 0 Å². The van der Waals surface area contributed by atoms with Crippen LogP contribution >= 0.6 is 0 Å². The maximum atomic E-state index is 11.6. The first kappa shape index (κ1) is 11.5. The van der Waals surface area contributed by atoms with Crippen molar-refractivity contribution in [1.82, 2.24) is 10.6 Å². The average molecular weight is 200 g/mol. The fraction of sp³-hybridized carbons (Fsp3) is 0.900. The molecule has 1 aliphatic heterocycles. The molecule has 0 spiro atoms. The summed E-state index contributed by atoms with van der Waals surface area (Å²) < 4.78 is 0. The summed E-state index contributed by atoms with van der Waals surface area (Å²) in [5, 5.41) is 15.4. The molecular formula is C10H20N2O2. The highest BCUT2D eigenvalue weighted by Crippen LogP contribution is 2.15. The van der Waals surface area contributed by atoms with E-state index in [0.29, 0.717) is 12.5 Å². The lowest BCUT2D eigenvalue weighted by atomic mass is 9.97. The third-order valence-electron chi connectivity index (χ3n) is 2.55. The summed E-state index contributed by atoms with van der Waals surface area (Å²) in [6.45, 7) is 7.40. The lowest BCUT2D eigenvalue weighted by molar-refractivity contribution is -0.126. The standard InChI is InChI=1S/C10H20N2O2/c1-7-4-11-5-8(7)9(13)12-6-10(2,3)14/h7-8,11,14H,4-6H2,1-3H3,(H,12,13)/t7-,8-/m1/s1. The fourth-order valence-corrected chi connectivity index (χ4v) is 1.60. The molecule has 0 bridgehead atoms. The van der Waals surface area contributed by atoms with E-state index in [1.54, 1.807) is 13.8 Å². The van der Waals surface area contributed by atoms with Crippen molar-refractivity contribution in [3.8, 4) is 0 Å². The second-order valence-corrected chi connectivity index (χ2v) is 4.77. The number of amides is 1. The molecule has 0 aromatic rings. The highest BCUT2D eigenvalue weighted by Gasteiger charge is 2.29. The van der Waals surface area contributed by atoms with Crippen LogP contribution in [0.3, 0.4) is 0 Å². The van der Waals surface area contributed by atoms with E-state index in [9.17, 15) is 9.90 Å². The number of hydrogen-bond donors (Lipinski definition) is 3. The maximum absolute atomic E-state index is 11.6. The van der Waals surface area contributed by atoms with Gasteiger partial charge in [0.25, 0.3) is 0 Å². The molecule has 4 nitrogen and oxygen atoms in total. The summed E-state index contributed by atoms with van der Waals surface area (Å²) in [5.74, 6) is 0.485. The van der Waals surface area contributed by atoms with Crippen molar-refractivity contribution in [2.45, 2.75) is 26.4 Å². The van der Waals surface area contributed by atoms with Gasteiger partial charge in [-0.2, -0.15) is 0 Å². The van der Waals surface area contributed by atoms with Crippen molar-refractivity contribution in [3.63, 3.8) is 0 Å². The molecule has 1 saturated heterocycles. The van der Waals surface area contributed by atoms with Crippen molar-refractivity contribution < 1.29 is 9.90 Å². The predicted molar refractivity (Wildman–Crippen MR) is 54.8 cm³/mol. The van der Waals surface area contributed by atoms with Gasteiger partial charge >= 0.3 is 0 Å². The minimum Gasteiger partial charge on any atom is -0.389 e. The topological polar surface area (TPSA) is 61.4 Å². The molecule has 82 valence electrons. The summed E-state index contributed by atoms with van der Waals surface area (Å²) in [7, 11) is 0. The highest BCUT2D eigenvalue weighted by molar-refractivity contribution is 5.79. The maximum Gasteiger partial charge on any atom is 0.224 e. The molecule has 0 aliphatic carbocycles. The van der Waals surface area contributed by atoms with E-state index in [0.717, 1.165) is 13.1 Å². The van der Waals surface area contributed by atoms with E-state index in [1.807, 2.05) is 0 Å². The first-order valence-corrected chi connectivity index (χ1v) is 5.11. The number of rotatable bonds is 3. The number of carbonyl (C=O) groups excluding carboxylic acids is 1. The Labute approximate surface area is 85.1 Å². The summed E-state index contributed by atoms with van der Waals surface area (Å²) in [5.41, 5.74) is -0.828. The Bertz CT molecular complexity index is 211. The lowest BCUT2D eigenvalue weighted by Crippen LogP contribution is -2.42. The van der Waals surface area contributed by atoms with Crippen molar-refractivity contribution in [2.75, 3.05) is 19.6 Å². The summed E-state index contributed by atoms with van der Waals surface area (Å²) in [6, 6.07) is 0. The fourth-order valence-electron chi connectivity index (χ4n) is 1.60. The normalized spacial score (nSPS) is 27.7. The molecule has 0 radical (unpaired) electrons. The minimum absolute atomic E-state index is 0.0459. The first-order valence-electron chi connectivity index (χ1n) is 5.11. The molecule has 4 heteroatoms. The lowest BCUT2D eigenvalue weighted by Gasteiger charge is -2.20. The molecule has 1 aliphatic rings. The first-order chi connectivity index (χ1) is 6.40. The van der Waals surface area contributed by atoms with E-state index in [1.165, 1.54) is 0 Å². The van der Waals surface area contributed by atoms with Crippen LogP contribution in [0, 0.1) is 11.8 Å². The van der Waals surface area contributed by atoms with E-state index >= 15 is 0 Å². The smallest absolute Gasteiger partial charge is 0.224 e. The average Bonchev–Trinajstić information content (AvgIpc) is 2.46. The number of aliphatic hydroxyl groups is 1. The Hall–Kier alpha value is -0.610. The van der Waals surface area contributed by atoms with Gasteiger partial charge in [0.2, 0.25) is 5.91 Å². The molecule has 1 heterocycles. The highest BCUT2D eigenvalue weighted by atomic mass is 16.3. The third-order valence-corrected chi connectivity index (χ3v) is 2.55. The van der Waals surface area contributed by atoms with Gasteiger partial charge in [0.1, 0.15) is 0 Å². The Morgan fingerprint density at radius 3 is 2.64 bits per heavy atom. The van der Waals surface area contributed by atoms with Crippen LogP contribution in [0.5, 0.6) is 0 Å². The molecule has 3 N–H and O–H groups in total. The number of carbonyl (C=O) groups is 1. The molecule has 0 saturated carbocycles. The summed E-state index contributed by atoms with van der Waals surface area (Å²) >= 11 is 0.